The summed E-state index contributed by atoms with van der Waals surface area (Å²) >= 11 is 12.3. The number of aromatic nitrogens is 4. The Bertz CT molecular complexity index is 773. The second-order valence-corrected chi connectivity index (χ2v) is 6.36. The number of hydrogen-bond donors (Lipinski definition) is 0. The minimum atomic E-state index is 0.524. The molecule has 0 fully saturated rings. The smallest absolute Gasteiger partial charge is 0.146 e. The van der Waals surface area contributed by atoms with E-state index in [1.54, 1.807) is 12.4 Å². The Labute approximate surface area is 133 Å². The maximum absolute atomic E-state index is 6.23. The molecule has 6 heteroatoms. The van der Waals surface area contributed by atoms with Gasteiger partial charge in [0.15, 0.2) is 0 Å². The molecule has 0 atom stereocenters. The minimum Gasteiger partial charge on any atom is -0.340 e. The van der Waals surface area contributed by atoms with E-state index in [1.165, 1.54) is 0 Å². The Hall–Kier alpha value is -1.52. The Morgan fingerprint density at radius 3 is 2.81 bits per heavy atom. The van der Waals surface area contributed by atoms with Gasteiger partial charge in [-0.2, -0.15) is 5.10 Å². The van der Waals surface area contributed by atoms with Gasteiger partial charge in [-0.25, -0.2) is 9.67 Å². The van der Waals surface area contributed by atoms with E-state index in [9.17, 15) is 0 Å². The van der Waals surface area contributed by atoms with Crippen LogP contribution in [0.1, 0.15) is 19.7 Å². The van der Waals surface area contributed by atoms with Gasteiger partial charge in [0.05, 0.1) is 17.1 Å². The van der Waals surface area contributed by atoms with E-state index >= 15 is 0 Å². The van der Waals surface area contributed by atoms with Gasteiger partial charge in [-0.3, -0.25) is 0 Å². The lowest BCUT2D eigenvalue weighted by molar-refractivity contribution is 0.462. The molecule has 0 unspecified atom stereocenters. The van der Waals surface area contributed by atoms with Crippen LogP contribution >= 0.6 is 23.2 Å². The van der Waals surface area contributed by atoms with E-state index in [0.29, 0.717) is 22.5 Å². The lowest BCUT2D eigenvalue weighted by Crippen LogP contribution is -2.12. The average Bonchev–Trinajstić information content (AvgIpc) is 2.98. The molecule has 0 aliphatic heterocycles. The molecule has 0 amide bonds. The zero-order valence-electron chi connectivity index (χ0n) is 11.9. The highest BCUT2D eigenvalue weighted by molar-refractivity contribution is 6.38. The SMILES string of the molecule is CC(C)Cn1ncnc1Cn1ccc2c(Cl)cc(Cl)cc21. The summed E-state index contributed by atoms with van der Waals surface area (Å²) in [5.41, 5.74) is 1.01. The van der Waals surface area contributed by atoms with Crippen molar-refractivity contribution < 1.29 is 0 Å². The third-order valence-corrected chi connectivity index (χ3v) is 3.88. The first-order valence-corrected chi connectivity index (χ1v) is 7.60. The average molecular weight is 323 g/mol. The first-order valence-electron chi connectivity index (χ1n) is 6.85. The van der Waals surface area contributed by atoms with Gasteiger partial charge in [0.25, 0.3) is 0 Å². The van der Waals surface area contributed by atoms with Crippen molar-refractivity contribution in [2.24, 2.45) is 5.92 Å². The van der Waals surface area contributed by atoms with Gasteiger partial charge in [0.2, 0.25) is 0 Å². The van der Waals surface area contributed by atoms with E-state index in [4.69, 9.17) is 23.2 Å². The summed E-state index contributed by atoms with van der Waals surface area (Å²) in [5, 5.41) is 6.59. The zero-order chi connectivity index (χ0) is 15.0. The summed E-state index contributed by atoms with van der Waals surface area (Å²) in [6, 6.07) is 5.68. The largest absolute Gasteiger partial charge is 0.340 e. The fourth-order valence-electron chi connectivity index (χ4n) is 2.42. The molecular formula is C15H16Cl2N4. The molecule has 0 saturated carbocycles. The molecule has 0 bridgehead atoms. The van der Waals surface area contributed by atoms with Crippen molar-refractivity contribution in [3.05, 3.63) is 46.6 Å². The van der Waals surface area contributed by atoms with Gasteiger partial charge in [-0.1, -0.05) is 37.0 Å². The van der Waals surface area contributed by atoms with Gasteiger partial charge in [0.1, 0.15) is 12.2 Å². The van der Waals surface area contributed by atoms with Crippen LogP contribution in [-0.2, 0) is 13.1 Å². The lowest BCUT2D eigenvalue weighted by Gasteiger charge is -2.10. The Balaban J connectivity index is 1.97. The Kier molecular flexibility index (Phi) is 3.91. The third-order valence-electron chi connectivity index (χ3n) is 3.35. The van der Waals surface area contributed by atoms with Crippen LogP contribution in [-0.4, -0.2) is 19.3 Å². The molecule has 0 N–H and O–H groups in total. The molecular weight excluding hydrogens is 307 g/mol. The monoisotopic (exact) mass is 322 g/mol. The quantitative estimate of drug-likeness (QED) is 0.720. The first-order chi connectivity index (χ1) is 10.0. The van der Waals surface area contributed by atoms with E-state index in [1.807, 2.05) is 23.0 Å². The van der Waals surface area contributed by atoms with Crippen molar-refractivity contribution in [3.63, 3.8) is 0 Å². The van der Waals surface area contributed by atoms with E-state index in [2.05, 4.69) is 28.5 Å². The van der Waals surface area contributed by atoms with E-state index in [0.717, 1.165) is 23.3 Å². The summed E-state index contributed by atoms with van der Waals surface area (Å²) in [6.45, 7) is 5.83. The van der Waals surface area contributed by atoms with Gasteiger partial charge < -0.3 is 4.57 Å². The molecule has 21 heavy (non-hydrogen) atoms. The van der Waals surface area contributed by atoms with Crippen LogP contribution in [0.2, 0.25) is 10.0 Å². The van der Waals surface area contributed by atoms with Gasteiger partial charge in [0, 0.05) is 23.2 Å². The van der Waals surface area contributed by atoms with Crippen molar-refractivity contribution in [3.8, 4) is 0 Å². The van der Waals surface area contributed by atoms with Crippen LogP contribution in [0.4, 0.5) is 0 Å². The highest BCUT2D eigenvalue weighted by Crippen LogP contribution is 2.29. The molecule has 3 aromatic rings. The molecule has 0 aliphatic carbocycles. The molecule has 0 aliphatic rings. The number of rotatable bonds is 4. The summed E-state index contributed by atoms with van der Waals surface area (Å²) in [4.78, 5) is 4.36. The summed E-state index contributed by atoms with van der Waals surface area (Å²) in [5.74, 6) is 1.45. The predicted octanol–water partition coefficient (Wildman–Crippen LogP) is 4.24. The van der Waals surface area contributed by atoms with Gasteiger partial charge in [-0.05, 0) is 24.1 Å². The summed E-state index contributed by atoms with van der Waals surface area (Å²) < 4.78 is 4.04. The topological polar surface area (TPSA) is 35.6 Å². The molecule has 1 aromatic carbocycles. The summed E-state index contributed by atoms with van der Waals surface area (Å²) in [7, 11) is 0. The molecule has 0 spiro atoms. The Morgan fingerprint density at radius 2 is 2.05 bits per heavy atom. The second-order valence-electron chi connectivity index (χ2n) is 5.52. The van der Waals surface area contributed by atoms with Crippen molar-refractivity contribution >= 4 is 34.1 Å². The van der Waals surface area contributed by atoms with Crippen molar-refractivity contribution in [2.45, 2.75) is 26.9 Å². The summed E-state index contributed by atoms with van der Waals surface area (Å²) in [6.07, 6.45) is 3.60. The molecule has 4 nitrogen and oxygen atoms in total. The maximum atomic E-state index is 6.23. The van der Waals surface area contributed by atoms with Gasteiger partial charge in [-0.15, -0.1) is 0 Å². The fraction of sp³-hybridized carbons (Fsp3) is 0.333. The number of nitrogens with zero attached hydrogens (tertiary/aromatic N) is 4. The van der Waals surface area contributed by atoms with Crippen LogP contribution < -0.4 is 0 Å². The zero-order valence-corrected chi connectivity index (χ0v) is 13.4. The third kappa shape index (κ3) is 2.92. The molecule has 2 aromatic heterocycles. The second kappa shape index (κ2) is 5.70. The predicted molar refractivity (Wildman–Crippen MR) is 85.9 cm³/mol. The first kappa shape index (κ1) is 14.4. The number of benzene rings is 1. The van der Waals surface area contributed by atoms with E-state index < -0.39 is 0 Å². The molecule has 0 saturated heterocycles. The molecule has 3 rings (SSSR count). The molecule has 110 valence electrons. The molecule has 2 heterocycles. The van der Waals surface area contributed by atoms with E-state index in [-0.39, 0.29) is 0 Å². The van der Waals surface area contributed by atoms with Gasteiger partial charge >= 0.3 is 0 Å². The van der Waals surface area contributed by atoms with Crippen LogP contribution in [0.15, 0.2) is 30.7 Å². The number of halogens is 2. The normalized spacial score (nSPS) is 11.7. The number of hydrogen-bond acceptors (Lipinski definition) is 2. The highest BCUT2D eigenvalue weighted by atomic mass is 35.5. The van der Waals surface area contributed by atoms with Crippen molar-refractivity contribution in [1.82, 2.24) is 19.3 Å². The van der Waals surface area contributed by atoms with Crippen molar-refractivity contribution in [2.75, 3.05) is 0 Å². The Morgan fingerprint density at radius 1 is 1.24 bits per heavy atom. The molecule has 0 radical (unpaired) electrons. The minimum absolute atomic E-state index is 0.524. The van der Waals surface area contributed by atoms with Crippen LogP contribution in [0, 0.1) is 5.92 Å². The number of fused-ring (bicyclic) bond motifs is 1. The highest BCUT2D eigenvalue weighted by Gasteiger charge is 2.11. The fourth-order valence-corrected chi connectivity index (χ4v) is 2.96. The van der Waals surface area contributed by atoms with Crippen LogP contribution in [0.25, 0.3) is 10.9 Å². The maximum Gasteiger partial charge on any atom is 0.146 e. The van der Waals surface area contributed by atoms with Crippen LogP contribution in [0.5, 0.6) is 0 Å². The van der Waals surface area contributed by atoms with Crippen molar-refractivity contribution in [1.29, 1.82) is 0 Å². The van der Waals surface area contributed by atoms with Crippen LogP contribution in [0.3, 0.4) is 0 Å². The lowest BCUT2D eigenvalue weighted by atomic mass is 10.2. The standard InChI is InChI=1S/C15H16Cl2N4/c1-10(2)7-21-15(18-9-19-21)8-20-4-3-12-13(17)5-11(16)6-14(12)20/h3-6,9-10H,7-8H2,1-2H3.